The highest BCUT2D eigenvalue weighted by atomic mass is 35.5. The second-order valence-electron chi connectivity index (χ2n) is 10.5. The quantitative estimate of drug-likeness (QED) is 0.298. The number of hydrogen-bond acceptors (Lipinski definition) is 6. The lowest BCUT2D eigenvalue weighted by atomic mass is 10.0. The summed E-state index contributed by atoms with van der Waals surface area (Å²) in [5, 5.41) is 3.49. The Hall–Kier alpha value is -3.76. The van der Waals surface area contributed by atoms with Gasteiger partial charge in [0, 0.05) is 43.1 Å². The molecule has 0 aromatic heterocycles. The number of ether oxygens (including phenoxy) is 2. The van der Waals surface area contributed by atoms with E-state index < -0.39 is 16.1 Å². The van der Waals surface area contributed by atoms with Crippen LogP contribution in [-0.4, -0.2) is 56.8 Å². The number of benzene rings is 3. The summed E-state index contributed by atoms with van der Waals surface area (Å²) >= 11 is 6.24. The van der Waals surface area contributed by atoms with Gasteiger partial charge in [0.25, 0.3) is 0 Å². The van der Waals surface area contributed by atoms with E-state index in [1.165, 1.54) is 4.31 Å². The second kappa shape index (κ2) is 13.9. The van der Waals surface area contributed by atoms with E-state index in [9.17, 15) is 18.0 Å². The van der Waals surface area contributed by atoms with E-state index in [-0.39, 0.29) is 50.6 Å². The van der Waals surface area contributed by atoms with Crippen molar-refractivity contribution in [2.24, 2.45) is 0 Å². The van der Waals surface area contributed by atoms with Crippen molar-refractivity contribution in [1.29, 1.82) is 0 Å². The third-order valence-electron chi connectivity index (χ3n) is 6.74. The molecule has 1 N–H and O–H groups in total. The van der Waals surface area contributed by atoms with Crippen LogP contribution in [0, 0.1) is 0 Å². The first-order valence-corrected chi connectivity index (χ1v) is 16.0. The fraction of sp³-hybridized carbons (Fsp3) is 0.355. The molecular formula is C31H36ClN3O6S. The minimum absolute atomic E-state index is 0.0252. The van der Waals surface area contributed by atoms with Crippen molar-refractivity contribution in [2.45, 2.75) is 51.7 Å². The van der Waals surface area contributed by atoms with Crippen molar-refractivity contribution < 1.29 is 27.5 Å². The molecule has 1 atom stereocenters. The Bertz CT molecular complexity index is 1500. The highest BCUT2D eigenvalue weighted by Gasteiger charge is 2.31. The Balaban J connectivity index is 1.57. The average Bonchev–Trinajstić information content (AvgIpc) is 3.40. The van der Waals surface area contributed by atoms with Crippen molar-refractivity contribution in [3.63, 3.8) is 0 Å². The predicted molar refractivity (Wildman–Crippen MR) is 163 cm³/mol. The van der Waals surface area contributed by atoms with Crippen molar-refractivity contribution in [2.75, 3.05) is 23.9 Å². The standard InChI is InChI=1S/C31H36ClN3O6S/c1-22(2)33-31(37)27(18-23-9-5-4-6-10-23)34(20-24-11-7-12-25(32)17-24)30(36)13-8-16-35(42(3,38)39)26-14-15-28-29(19-26)41-21-40-28/h4-7,9-12,14-15,17,19,22,27H,8,13,16,18,20-21H2,1-3H3,(H,33,37). The van der Waals surface area contributed by atoms with Gasteiger partial charge in [0.05, 0.1) is 11.9 Å². The van der Waals surface area contributed by atoms with Gasteiger partial charge in [-0.3, -0.25) is 13.9 Å². The van der Waals surface area contributed by atoms with Crippen LogP contribution < -0.4 is 19.1 Å². The van der Waals surface area contributed by atoms with Gasteiger partial charge in [-0.25, -0.2) is 8.42 Å². The summed E-state index contributed by atoms with van der Waals surface area (Å²) < 4.78 is 37.4. The monoisotopic (exact) mass is 613 g/mol. The number of sulfonamides is 1. The molecule has 0 spiro atoms. The van der Waals surface area contributed by atoms with Gasteiger partial charge in [-0.15, -0.1) is 0 Å². The molecule has 2 amide bonds. The van der Waals surface area contributed by atoms with Crippen LogP contribution in [0.2, 0.25) is 5.02 Å². The largest absolute Gasteiger partial charge is 0.454 e. The number of hydrogen-bond donors (Lipinski definition) is 1. The van der Waals surface area contributed by atoms with Gasteiger partial charge in [0.2, 0.25) is 28.6 Å². The molecule has 1 heterocycles. The second-order valence-corrected chi connectivity index (χ2v) is 12.8. The first kappa shape index (κ1) is 31.2. The highest BCUT2D eigenvalue weighted by Crippen LogP contribution is 2.36. The van der Waals surface area contributed by atoms with Crippen molar-refractivity contribution in [3.8, 4) is 11.5 Å². The molecule has 1 unspecified atom stereocenters. The number of carbonyl (C=O) groups excluding carboxylic acids is 2. The maximum atomic E-state index is 13.9. The molecule has 42 heavy (non-hydrogen) atoms. The van der Waals surface area contributed by atoms with Crippen LogP contribution in [0.15, 0.2) is 72.8 Å². The molecule has 11 heteroatoms. The van der Waals surface area contributed by atoms with E-state index in [0.29, 0.717) is 28.6 Å². The number of rotatable bonds is 13. The van der Waals surface area contributed by atoms with Gasteiger partial charge in [0.1, 0.15) is 6.04 Å². The topological polar surface area (TPSA) is 105 Å². The first-order chi connectivity index (χ1) is 20.0. The molecule has 224 valence electrons. The van der Waals surface area contributed by atoms with Gasteiger partial charge < -0.3 is 19.7 Å². The number of fused-ring (bicyclic) bond motifs is 1. The molecule has 9 nitrogen and oxygen atoms in total. The SMILES string of the molecule is CC(C)NC(=O)C(Cc1ccccc1)N(Cc1cccc(Cl)c1)C(=O)CCCN(c1ccc2c(c1)OCO2)S(C)(=O)=O. The zero-order valence-corrected chi connectivity index (χ0v) is 25.5. The fourth-order valence-corrected chi connectivity index (χ4v) is 5.98. The highest BCUT2D eigenvalue weighted by molar-refractivity contribution is 7.92. The third kappa shape index (κ3) is 8.39. The van der Waals surface area contributed by atoms with E-state index in [4.69, 9.17) is 21.1 Å². The van der Waals surface area contributed by atoms with E-state index in [1.807, 2.05) is 50.2 Å². The smallest absolute Gasteiger partial charge is 0.243 e. The molecule has 0 radical (unpaired) electrons. The summed E-state index contributed by atoms with van der Waals surface area (Å²) in [6, 6.07) is 20.7. The summed E-state index contributed by atoms with van der Waals surface area (Å²) in [6.07, 6.45) is 1.70. The molecule has 1 aliphatic heterocycles. The Morgan fingerprint density at radius 2 is 1.67 bits per heavy atom. The van der Waals surface area contributed by atoms with Gasteiger partial charge in [-0.05, 0) is 55.7 Å². The van der Waals surface area contributed by atoms with Crippen molar-refractivity contribution in [3.05, 3.63) is 88.9 Å². The zero-order valence-electron chi connectivity index (χ0n) is 24.0. The number of carbonyl (C=O) groups is 2. The lowest BCUT2D eigenvalue weighted by Gasteiger charge is -2.32. The van der Waals surface area contributed by atoms with E-state index >= 15 is 0 Å². The van der Waals surface area contributed by atoms with Gasteiger partial charge in [-0.2, -0.15) is 0 Å². The van der Waals surface area contributed by atoms with Crippen LogP contribution in [0.4, 0.5) is 5.69 Å². The lowest BCUT2D eigenvalue weighted by Crippen LogP contribution is -2.51. The van der Waals surface area contributed by atoms with Crippen molar-refractivity contribution in [1.82, 2.24) is 10.2 Å². The Labute approximate surface area is 252 Å². The van der Waals surface area contributed by atoms with Crippen LogP contribution in [0.3, 0.4) is 0 Å². The fourth-order valence-electron chi connectivity index (χ4n) is 4.81. The summed E-state index contributed by atoms with van der Waals surface area (Å²) in [4.78, 5) is 29.0. The summed E-state index contributed by atoms with van der Waals surface area (Å²) in [5.74, 6) is 0.476. The molecule has 3 aromatic carbocycles. The Morgan fingerprint density at radius 1 is 0.952 bits per heavy atom. The average molecular weight is 614 g/mol. The minimum Gasteiger partial charge on any atom is -0.454 e. The molecule has 1 aliphatic rings. The van der Waals surface area contributed by atoms with Crippen LogP contribution >= 0.6 is 11.6 Å². The lowest BCUT2D eigenvalue weighted by molar-refractivity contribution is -0.141. The number of halogens is 1. The number of nitrogens with zero attached hydrogens (tertiary/aromatic N) is 2. The van der Waals surface area contributed by atoms with Gasteiger partial charge in [-0.1, -0.05) is 54.1 Å². The van der Waals surface area contributed by atoms with E-state index in [2.05, 4.69) is 5.32 Å². The molecule has 0 fully saturated rings. The number of anilines is 1. The Morgan fingerprint density at radius 3 is 2.36 bits per heavy atom. The summed E-state index contributed by atoms with van der Waals surface area (Å²) in [6.45, 7) is 4.05. The van der Waals surface area contributed by atoms with Crippen LogP contribution in [0.5, 0.6) is 11.5 Å². The molecule has 0 bridgehead atoms. The van der Waals surface area contributed by atoms with E-state index in [0.717, 1.165) is 17.4 Å². The minimum atomic E-state index is -3.66. The van der Waals surface area contributed by atoms with Crippen LogP contribution in [0.1, 0.15) is 37.8 Å². The van der Waals surface area contributed by atoms with Crippen LogP contribution in [-0.2, 0) is 32.6 Å². The maximum Gasteiger partial charge on any atom is 0.243 e. The van der Waals surface area contributed by atoms with Crippen LogP contribution in [0.25, 0.3) is 0 Å². The van der Waals surface area contributed by atoms with Gasteiger partial charge >= 0.3 is 0 Å². The first-order valence-electron chi connectivity index (χ1n) is 13.8. The normalized spacial score (nSPS) is 13.1. The van der Waals surface area contributed by atoms with Gasteiger partial charge in [0.15, 0.2) is 11.5 Å². The molecular weight excluding hydrogens is 578 g/mol. The number of nitrogens with one attached hydrogen (secondary N) is 1. The Kier molecular flexibility index (Phi) is 10.3. The predicted octanol–water partition coefficient (Wildman–Crippen LogP) is 4.78. The zero-order chi connectivity index (χ0) is 30.3. The maximum absolute atomic E-state index is 13.9. The van der Waals surface area contributed by atoms with Crippen molar-refractivity contribution >= 4 is 39.1 Å². The molecule has 0 aliphatic carbocycles. The molecule has 3 aromatic rings. The summed E-state index contributed by atoms with van der Waals surface area (Å²) in [7, 11) is -3.66. The summed E-state index contributed by atoms with van der Waals surface area (Å²) in [5.41, 5.74) is 2.11. The number of amides is 2. The molecule has 4 rings (SSSR count). The van der Waals surface area contributed by atoms with E-state index in [1.54, 1.807) is 41.3 Å². The molecule has 0 saturated carbocycles. The molecule has 0 saturated heterocycles. The third-order valence-corrected chi connectivity index (χ3v) is 8.17.